The zero-order valence-electron chi connectivity index (χ0n) is 18.7. The number of nitrogens with one attached hydrogen (secondary N) is 3. The van der Waals surface area contributed by atoms with Crippen molar-refractivity contribution < 1.29 is 13.6 Å². The molecule has 3 N–H and O–H groups in total. The molecule has 0 bridgehead atoms. The summed E-state index contributed by atoms with van der Waals surface area (Å²) in [6.07, 6.45) is 9.82. The van der Waals surface area contributed by atoms with Crippen LogP contribution in [0.2, 0.25) is 0 Å². The van der Waals surface area contributed by atoms with Gasteiger partial charge in [0.05, 0.1) is 35.4 Å². The topological polar surface area (TPSA) is 125 Å². The lowest BCUT2D eigenvalue weighted by atomic mass is 10.0. The second kappa shape index (κ2) is 7.84. The number of anilines is 1. The highest BCUT2D eigenvalue weighted by atomic mass is 19.1. The molecule has 1 saturated carbocycles. The molecular weight excluding hydrogens is 461 g/mol. The molecule has 0 atom stereocenters. The number of carbonyl (C=O) groups excluding carboxylic acids is 1. The fourth-order valence-corrected chi connectivity index (χ4v) is 4.34. The number of hydrogen-bond acceptors (Lipinski definition) is 6. The van der Waals surface area contributed by atoms with E-state index in [0.29, 0.717) is 50.4 Å². The lowest BCUT2D eigenvalue weighted by molar-refractivity contribution is -0.117. The van der Waals surface area contributed by atoms with Crippen molar-refractivity contribution in [3.63, 3.8) is 0 Å². The summed E-state index contributed by atoms with van der Waals surface area (Å²) >= 11 is 0. The number of aromatic amines is 2. The van der Waals surface area contributed by atoms with Crippen LogP contribution in [0.3, 0.4) is 0 Å². The first-order valence-electron chi connectivity index (χ1n) is 11.5. The first kappa shape index (κ1) is 20.5. The van der Waals surface area contributed by atoms with Crippen molar-refractivity contribution in [1.29, 1.82) is 0 Å². The molecule has 1 aliphatic rings. The van der Waals surface area contributed by atoms with Gasteiger partial charge in [-0.25, -0.2) is 9.37 Å². The predicted octanol–water partition coefficient (Wildman–Crippen LogP) is 5.31. The smallest absolute Gasteiger partial charge is 0.227 e. The third kappa shape index (κ3) is 3.42. The number of pyridine rings is 2. The predicted molar refractivity (Wildman–Crippen MR) is 131 cm³/mol. The Bertz CT molecular complexity index is 1770. The Balaban J connectivity index is 1.31. The zero-order chi connectivity index (χ0) is 24.2. The van der Waals surface area contributed by atoms with Crippen molar-refractivity contribution in [2.45, 2.75) is 12.8 Å². The number of furan rings is 1. The summed E-state index contributed by atoms with van der Waals surface area (Å²) in [5, 5.41) is 10.9. The maximum absolute atomic E-state index is 15.1. The lowest BCUT2D eigenvalue weighted by Crippen LogP contribution is -2.13. The Hall–Kier alpha value is -4.86. The molecule has 1 amide bonds. The van der Waals surface area contributed by atoms with Crippen molar-refractivity contribution >= 4 is 33.5 Å². The third-order valence-electron chi connectivity index (χ3n) is 6.34. The highest BCUT2D eigenvalue weighted by Gasteiger charge is 2.29. The van der Waals surface area contributed by atoms with Crippen LogP contribution >= 0.6 is 0 Å². The number of aromatic nitrogens is 6. The Kier molecular flexibility index (Phi) is 4.47. The van der Waals surface area contributed by atoms with Crippen LogP contribution in [0, 0.1) is 11.7 Å². The minimum absolute atomic E-state index is 0.0313. The van der Waals surface area contributed by atoms with Gasteiger partial charge in [-0.1, -0.05) is 0 Å². The van der Waals surface area contributed by atoms with Gasteiger partial charge in [0.15, 0.2) is 5.82 Å². The van der Waals surface area contributed by atoms with E-state index in [4.69, 9.17) is 9.40 Å². The summed E-state index contributed by atoms with van der Waals surface area (Å²) in [5.41, 5.74) is 5.48. The molecule has 0 aliphatic heterocycles. The van der Waals surface area contributed by atoms with Crippen LogP contribution in [0.1, 0.15) is 12.8 Å². The number of carbonyl (C=O) groups is 1. The number of nitrogens with zero attached hydrogens (tertiary/aromatic N) is 4. The van der Waals surface area contributed by atoms with Crippen LogP contribution in [-0.2, 0) is 4.79 Å². The van der Waals surface area contributed by atoms with Crippen LogP contribution in [0.5, 0.6) is 0 Å². The van der Waals surface area contributed by atoms with Crippen molar-refractivity contribution in [3.05, 3.63) is 67.3 Å². The van der Waals surface area contributed by atoms with E-state index < -0.39 is 5.82 Å². The molecule has 0 radical (unpaired) electrons. The van der Waals surface area contributed by atoms with Gasteiger partial charge in [0.1, 0.15) is 22.7 Å². The average molecular weight is 479 g/mol. The van der Waals surface area contributed by atoms with E-state index in [2.05, 4.69) is 30.5 Å². The lowest BCUT2D eigenvalue weighted by Gasteiger charge is -2.08. The van der Waals surface area contributed by atoms with Gasteiger partial charge in [0.25, 0.3) is 0 Å². The van der Waals surface area contributed by atoms with Crippen LogP contribution in [-0.4, -0.2) is 36.0 Å². The second-order valence-corrected chi connectivity index (χ2v) is 8.83. The molecule has 6 aromatic rings. The summed E-state index contributed by atoms with van der Waals surface area (Å²) < 4.78 is 20.3. The molecule has 0 spiro atoms. The van der Waals surface area contributed by atoms with Gasteiger partial charge < -0.3 is 14.7 Å². The number of imidazole rings is 1. The minimum atomic E-state index is -0.429. The van der Waals surface area contributed by atoms with E-state index in [1.165, 1.54) is 6.07 Å². The van der Waals surface area contributed by atoms with E-state index in [9.17, 15) is 4.79 Å². The van der Waals surface area contributed by atoms with Gasteiger partial charge in [-0.05, 0) is 37.1 Å². The molecule has 9 nitrogen and oxygen atoms in total. The number of fused-ring (bicyclic) bond motifs is 2. The number of amides is 1. The van der Waals surface area contributed by atoms with Crippen molar-refractivity contribution in [2.24, 2.45) is 5.92 Å². The number of halogens is 1. The van der Waals surface area contributed by atoms with Crippen LogP contribution in [0.25, 0.3) is 55.8 Å². The van der Waals surface area contributed by atoms with Gasteiger partial charge in [-0.3, -0.25) is 19.9 Å². The highest BCUT2D eigenvalue weighted by Crippen LogP contribution is 2.35. The summed E-state index contributed by atoms with van der Waals surface area (Å²) in [5.74, 6) is 0.121. The molecule has 10 heteroatoms. The molecule has 1 aromatic carbocycles. The van der Waals surface area contributed by atoms with Gasteiger partial charge in [0, 0.05) is 46.5 Å². The summed E-state index contributed by atoms with van der Waals surface area (Å²) in [6, 6.07) is 8.50. The van der Waals surface area contributed by atoms with Crippen LogP contribution < -0.4 is 5.32 Å². The molecule has 5 aromatic heterocycles. The van der Waals surface area contributed by atoms with Crippen LogP contribution in [0.4, 0.5) is 10.1 Å². The molecule has 36 heavy (non-hydrogen) atoms. The van der Waals surface area contributed by atoms with E-state index >= 15 is 4.39 Å². The Morgan fingerprint density at radius 3 is 2.83 bits per heavy atom. The number of hydrogen-bond donors (Lipinski definition) is 3. The second-order valence-electron chi connectivity index (χ2n) is 8.83. The normalized spacial score (nSPS) is 13.5. The first-order chi connectivity index (χ1) is 17.6. The van der Waals surface area contributed by atoms with E-state index in [1.807, 2.05) is 12.1 Å². The van der Waals surface area contributed by atoms with E-state index in [1.54, 1.807) is 43.2 Å². The van der Waals surface area contributed by atoms with Gasteiger partial charge >= 0.3 is 0 Å². The SMILES string of the molecule is O=C(Nc1cncc(-c2cc3c(-c4nc5c(-c6ccoc6)nccc5[nH]4)n[nH]c3cc2F)c1)C1CC1. The maximum Gasteiger partial charge on any atom is 0.227 e. The number of benzene rings is 1. The summed E-state index contributed by atoms with van der Waals surface area (Å²) in [4.78, 5) is 28.9. The molecule has 1 aliphatic carbocycles. The fraction of sp³-hybridized carbons (Fsp3) is 0.115. The van der Waals surface area contributed by atoms with Crippen molar-refractivity contribution in [1.82, 2.24) is 30.1 Å². The van der Waals surface area contributed by atoms with Crippen molar-refractivity contribution in [2.75, 3.05) is 5.32 Å². The first-order valence-corrected chi connectivity index (χ1v) is 11.5. The molecule has 1 fully saturated rings. The molecular formula is C26H18FN7O2. The van der Waals surface area contributed by atoms with Crippen LogP contribution in [0.15, 0.2) is 65.9 Å². The summed E-state index contributed by atoms with van der Waals surface area (Å²) in [7, 11) is 0. The monoisotopic (exact) mass is 479 g/mol. The van der Waals surface area contributed by atoms with Crippen molar-refractivity contribution in [3.8, 4) is 33.9 Å². The highest BCUT2D eigenvalue weighted by molar-refractivity contribution is 5.98. The standard InChI is InChI=1S/C26H18FN7O2/c27-19-9-21-18(8-17(19)15-7-16(11-28-10-15)30-26(35)13-1-2-13)23(34-33-21)25-31-20-3-5-29-22(24(20)32-25)14-4-6-36-12-14/h3-13H,1-2H2,(H,30,35)(H,31,32)(H,33,34). The minimum Gasteiger partial charge on any atom is -0.472 e. The molecule has 0 unspecified atom stereocenters. The largest absolute Gasteiger partial charge is 0.472 e. The fourth-order valence-electron chi connectivity index (χ4n) is 4.34. The number of H-pyrrole nitrogens is 2. The Morgan fingerprint density at radius 1 is 1.08 bits per heavy atom. The van der Waals surface area contributed by atoms with E-state index in [-0.39, 0.29) is 11.8 Å². The Labute approximate surface area is 202 Å². The van der Waals surface area contributed by atoms with Gasteiger partial charge in [-0.2, -0.15) is 5.10 Å². The van der Waals surface area contributed by atoms with E-state index in [0.717, 1.165) is 23.9 Å². The molecule has 7 rings (SSSR count). The average Bonchev–Trinajstić information content (AvgIpc) is 3.26. The quantitative estimate of drug-likeness (QED) is 0.308. The molecule has 5 heterocycles. The zero-order valence-corrected chi connectivity index (χ0v) is 18.7. The summed E-state index contributed by atoms with van der Waals surface area (Å²) in [6.45, 7) is 0. The number of rotatable bonds is 5. The maximum atomic E-state index is 15.1. The Morgan fingerprint density at radius 2 is 2.00 bits per heavy atom. The third-order valence-corrected chi connectivity index (χ3v) is 6.34. The molecule has 0 saturated heterocycles. The molecule has 176 valence electrons. The van der Waals surface area contributed by atoms with Gasteiger partial charge in [-0.15, -0.1) is 0 Å². The van der Waals surface area contributed by atoms with Gasteiger partial charge in [0.2, 0.25) is 5.91 Å².